The maximum Gasteiger partial charge on any atom is 0.230 e. The summed E-state index contributed by atoms with van der Waals surface area (Å²) in [6.07, 6.45) is 1.67. The van der Waals surface area contributed by atoms with Crippen molar-refractivity contribution in [3.8, 4) is 0 Å². The molecule has 2 unspecified atom stereocenters. The van der Waals surface area contributed by atoms with Crippen LogP contribution in [0.25, 0.3) is 0 Å². The third-order valence-corrected chi connectivity index (χ3v) is 4.27. The minimum atomic E-state index is -0.349. The smallest absolute Gasteiger partial charge is 0.230 e. The van der Waals surface area contributed by atoms with Crippen molar-refractivity contribution in [2.75, 3.05) is 5.32 Å². The Kier molecular flexibility index (Phi) is 5.09. The maximum atomic E-state index is 12.3. The highest BCUT2D eigenvalue weighted by molar-refractivity contribution is 9.10. The summed E-state index contributed by atoms with van der Waals surface area (Å²) in [5, 5.41) is 2.81. The second kappa shape index (κ2) is 6.83. The van der Waals surface area contributed by atoms with Crippen LogP contribution < -0.4 is 11.1 Å². The van der Waals surface area contributed by atoms with Gasteiger partial charge >= 0.3 is 0 Å². The number of halogens is 1. The zero-order chi connectivity index (χ0) is 15.4. The number of anilines is 1. The molecule has 0 aliphatic heterocycles. The maximum absolute atomic E-state index is 12.3. The first-order valence-corrected chi connectivity index (χ1v) is 7.52. The van der Waals surface area contributed by atoms with Gasteiger partial charge in [0.1, 0.15) is 5.82 Å². The zero-order valence-electron chi connectivity index (χ0n) is 12.0. The first-order valence-electron chi connectivity index (χ1n) is 6.72. The van der Waals surface area contributed by atoms with Crippen molar-refractivity contribution in [2.45, 2.75) is 19.9 Å². The number of aryl methyl sites for hydroxylation is 1. The fourth-order valence-corrected chi connectivity index (χ4v) is 2.19. The minimum absolute atomic E-state index is 0.138. The van der Waals surface area contributed by atoms with Crippen molar-refractivity contribution in [3.63, 3.8) is 0 Å². The molecule has 0 spiro atoms. The van der Waals surface area contributed by atoms with Crippen LogP contribution in [0.15, 0.2) is 47.1 Å². The second-order valence-electron chi connectivity index (χ2n) is 5.03. The molecule has 3 N–H and O–H groups in total. The fraction of sp³-hybridized carbons (Fsp3) is 0.250. The number of nitrogens with zero attached hydrogens (tertiary/aromatic N) is 1. The van der Waals surface area contributed by atoms with Crippen molar-refractivity contribution in [2.24, 2.45) is 11.7 Å². The van der Waals surface area contributed by atoms with Gasteiger partial charge in [-0.05, 0) is 40.0 Å². The van der Waals surface area contributed by atoms with E-state index in [4.69, 9.17) is 5.73 Å². The van der Waals surface area contributed by atoms with Gasteiger partial charge in [0.15, 0.2) is 0 Å². The molecule has 0 aliphatic carbocycles. The van der Waals surface area contributed by atoms with Gasteiger partial charge in [0.2, 0.25) is 5.91 Å². The normalized spacial score (nSPS) is 13.5. The van der Waals surface area contributed by atoms with Crippen molar-refractivity contribution >= 4 is 27.7 Å². The van der Waals surface area contributed by atoms with E-state index in [2.05, 4.69) is 26.2 Å². The number of amides is 1. The monoisotopic (exact) mass is 347 g/mol. The Bertz CT molecular complexity index is 631. The Balaban J connectivity index is 2.07. The van der Waals surface area contributed by atoms with Gasteiger partial charge in [-0.25, -0.2) is 4.98 Å². The lowest BCUT2D eigenvalue weighted by Crippen LogP contribution is -2.30. The van der Waals surface area contributed by atoms with E-state index in [1.54, 1.807) is 6.20 Å². The molecule has 5 heteroatoms. The summed E-state index contributed by atoms with van der Waals surface area (Å²) >= 11 is 3.38. The summed E-state index contributed by atoms with van der Waals surface area (Å²) < 4.78 is 0.912. The third-order valence-electron chi connectivity index (χ3n) is 3.43. The molecule has 1 aromatic carbocycles. The first-order chi connectivity index (χ1) is 9.99. The van der Waals surface area contributed by atoms with Gasteiger partial charge in [-0.15, -0.1) is 0 Å². The molecular weight excluding hydrogens is 330 g/mol. The molecule has 21 heavy (non-hydrogen) atoms. The number of hydrogen-bond acceptors (Lipinski definition) is 3. The van der Waals surface area contributed by atoms with E-state index in [-0.39, 0.29) is 17.9 Å². The van der Waals surface area contributed by atoms with Gasteiger partial charge in [0.05, 0.1) is 5.92 Å². The van der Waals surface area contributed by atoms with Crippen LogP contribution in [0.3, 0.4) is 0 Å². The molecule has 0 fully saturated rings. The largest absolute Gasteiger partial charge is 0.323 e. The summed E-state index contributed by atoms with van der Waals surface area (Å²) in [5.41, 5.74) is 8.12. The lowest BCUT2D eigenvalue weighted by atomic mass is 9.95. The highest BCUT2D eigenvalue weighted by Gasteiger charge is 2.22. The van der Waals surface area contributed by atoms with E-state index >= 15 is 0 Å². The topological polar surface area (TPSA) is 68.0 Å². The lowest BCUT2D eigenvalue weighted by Gasteiger charge is -2.19. The fourth-order valence-electron chi connectivity index (χ4n) is 1.97. The van der Waals surface area contributed by atoms with Crippen LogP contribution in [0.4, 0.5) is 5.82 Å². The number of pyridine rings is 1. The summed E-state index contributed by atoms with van der Waals surface area (Å²) in [6, 6.07) is 11.1. The molecule has 0 saturated carbocycles. The van der Waals surface area contributed by atoms with E-state index in [9.17, 15) is 4.79 Å². The molecule has 2 aromatic rings. The van der Waals surface area contributed by atoms with Gasteiger partial charge in [-0.2, -0.15) is 0 Å². The molecule has 0 bridgehead atoms. The van der Waals surface area contributed by atoms with Crippen molar-refractivity contribution < 1.29 is 4.79 Å². The summed E-state index contributed by atoms with van der Waals surface area (Å²) in [7, 11) is 0. The van der Waals surface area contributed by atoms with Crippen LogP contribution in [0.5, 0.6) is 0 Å². The second-order valence-corrected chi connectivity index (χ2v) is 5.89. The Morgan fingerprint density at radius 3 is 2.62 bits per heavy atom. The Morgan fingerprint density at radius 1 is 1.33 bits per heavy atom. The Labute approximate surface area is 132 Å². The Morgan fingerprint density at radius 2 is 2.00 bits per heavy atom. The van der Waals surface area contributed by atoms with E-state index in [1.165, 1.54) is 0 Å². The number of rotatable bonds is 4. The molecule has 110 valence electrons. The van der Waals surface area contributed by atoms with Crippen molar-refractivity contribution in [3.05, 3.63) is 58.2 Å². The van der Waals surface area contributed by atoms with Gasteiger partial charge in [0.25, 0.3) is 0 Å². The van der Waals surface area contributed by atoms with Crippen LogP contribution in [0.1, 0.15) is 24.1 Å². The standard InChI is InChI=1S/C16H18BrN3O/c1-10-8-14(19-9-13(10)17)20-16(21)11(2)15(18)12-6-4-3-5-7-12/h3-9,11,15H,18H2,1-2H3,(H,19,20,21). The zero-order valence-corrected chi connectivity index (χ0v) is 13.6. The average Bonchev–Trinajstić information content (AvgIpc) is 2.50. The van der Waals surface area contributed by atoms with E-state index in [1.807, 2.05) is 50.2 Å². The third kappa shape index (κ3) is 3.89. The number of carbonyl (C=O) groups excluding carboxylic acids is 1. The molecule has 1 amide bonds. The van der Waals surface area contributed by atoms with E-state index < -0.39 is 0 Å². The summed E-state index contributed by atoms with van der Waals surface area (Å²) in [4.78, 5) is 16.5. The van der Waals surface area contributed by atoms with Gasteiger partial charge in [-0.1, -0.05) is 37.3 Å². The molecular formula is C16H18BrN3O. The Hall–Kier alpha value is -1.72. The number of carbonyl (C=O) groups is 1. The van der Waals surface area contributed by atoms with Crippen LogP contribution in [-0.2, 0) is 4.79 Å². The van der Waals surface area contributed by atoms with Crippen molar-refractivity contribution in [1.29, 1.82) is 0 Å². The van der Waals surface area contributed by atoms with Crippen molar-refractivity contribution in [1.82, 2.24) is 4.98 Å². The first kappa shape index (κ1) is 15.7. The molecule has 2 atom stereocenters. The number of nitrogens with two attached hydrogens (primary N) is 1. The molecule has 1 heterocycles. The summed E-state index contributed by atoms with van der Waals surface area (Å²) in [6.45, 7) is 3.76. The van der Waals surface area contributed by atoms with Crippen LogP contribution in [0.2, 0.25) is 0 Å². The number of benzene rings is 1. The van der Waals surface area contributed by atoms with Gasteiger partial charge < -0.3 is 11.1 Å². The number of nitrogens with one attached hydrogen (secondary N) is 1. The molecule has 4 nitrogen and oxygen atoms in total. The lowest BCUT2D eigenvalue weighted by molar-refractivity contribution is -0.120. The van der Waals surface area contributed by atoms with Crippen LogP contribution in [0, 0.1) is 12.8 Å². The highest BCUT2D eigenvalue weighted by atomic mass is 79.9. The average molecular weight is 348 g/mol. The number of hydrogen-bond donors (Lipinski definition) is 2. The summed E-state index contributed by atoms with van der Waals surface area (Å²) in [5.74, 6) is 0.0477. The quantitative estimate of drug-likeness (QED) is 0.890. The van der Waals surface area contributed by atoms with E-state index in [0.717, 1.165) is 15.6 Å². The predicted octanol–water partition coefficient (Wildman–Crippen LogP) is 3.43. The van der Waals surface area contributed by atoms with Crippen LogP contribution in [-0.4, -0.2) is 10.9 Å². The van der Waals surface area contributed by atoms with E-state index in [0.29, 0.717) is 5.82 Å². The highest BCUT2D eigenvalue weighted by Crippen LogP contribution is 2.22. The molecule has 0 radical (unpaired) electrons. The predicted molar refractivity (Wildman–Crippen MR) is 87.8 cm³/mol. The van der Waals surface area contributed by atoms with Gasteiger partial charge in [-0.3, -0.25) is 4.79 Å². The number of aromatic nitrogens is 1. The molecule has 2 rings (SSSR count). The van der Waals surface area contributed by atoms with Crippen LogP contribution >= 0.6 is 15.9 Å². The molecule has 0 saturated heterocycles. The molecule has 0 aliphatic rings. The van der Waals surface area contributed by atoms with Gasteiger partial charge in [0, 0.05) is 16.7 Å². The SMILES string of the molecule is Cc1cc(NC(=O)C(C)C(N)c2ccccc2)ncc1Br. The molecule has 1 aromatic heterocycles. The minimum Gasteiger partial charge on any atom is -0.323 e.